The number of aromatic amines is 1. The fourth-order valence-electron chi connectivity index (χ4n) is 4.46. The van der Waals surface area contributed by atoms with Gasteiger partial charge in [-0.25, -0.2) is 0 Å². The van der Waals surface area contributed by atoms with Crippen molar-refractivity contribution in [3.8, 4) is 6.07 Å². The van der Waals surface area contributed by atoms with Crippen LogP contribution >= 0.6 is 0 Å². The number of carbonyl (C=O) groups excluding carboxylic acids is 1. The highest BCUT2D eigenvalue weighted by molar-refractivity contribution is 5.86. The summed E-state index contributed by atoms with van der Waals surface area (Å²) >= 11 is 0. The lowest BCUT2D eigenvalue weighted by molar-refractivity contribution is -0.122. The number of ether oxygens (including phenoxy) is 1. The Morgan fingerprint density at radius 3 is 2.87 bits per heavy atom. The average molecular weight is 417 g/mol. The summed E-state index contributed by atoms with van der Waals surface area (Å²) in [6, 6.07) is 16.0. The highest BCUT2D eigenvalue weighted by Crippen LogP contribution is 2.45. The van der Waals surface area contributed by atoms with Crippen LogP contribution in [0.2, 0.25) is 0 Å². The van der Waals surface area contributed by atoms with Crippen LogP contribution in [0.3, 0.4) is 0 Å². The first-order valence-electron chi connectivity index (χ1n) is 10.6. The van der Waals surface area contributed by atoms with E-state index >= 15 is 0 Å². The number of nitrogens with zero attached hydrogens (tertiary/aromatic N) is 1. The molecule has 3 aromatic rings. The van der Waals surface area contributed by atoms with Crippen LogP contribution in [0.4, 0.5) is 5.69 Å². The molecule has 2 aromatic carbocycles. The van der Waals surface area contributed by atoms with E-state index in [9.17, 15) is 10.1 Å². The van der Waals surface area contributed by atoms with Crippen molar-refractivity contribution in [2.24, 2.45) is 5.41 Å². The molecule has 0 saturated carbocycles. The fraction of sp³-hybridized carbons (Fsp3) is 0.360. The summed E-state index contributed by atoms with van der Waals surface area (Å²) in [6.45, 7) is 5.71. The molecule has 1 aliphatic carbocycles. The molecule has 6 nitrogen and oxygen atoms in total. The maximum atomic E-state index is 12.9. The molecule has 1 amide bonds. The van der Waals surface area contributed by atoms with E-state index in [0.29, 0.717) is 12.2 Å². The van der Waals surface area contributed by atoms with Gasteiger partial charge >= 0.3 is 0 Å². The van der Waals surface area contributed by atoms with Gasteiger partial charge in [0, 0.05) is 35.9 Å². The Morgan fingerprint density at radius 1 is 1.26 bits per heavy atom. The third-order valence-electron chi connectivity index (χ3n) is 5.98. The lowest BCUT2D eigenvalue weighted by atomic mass is 9.85. The van der Waals surface area contributed by atoms with Crippen molar-refractivity contribution in [1.82, 2.24) is 10.3 Å². The van der Waals surface area contributed by atoms with Gasteiger partial charge in [-0.15, -0.1) is 0 Å². The van der Waals surface area contributed by atoms with E-state index in [1.165, 1.54) is 5.56 Å². The van der Waals surface area contributed by atoms with E-state index in [4.69, 9.17) is 4.74 Å². The Labute approximate surface area is 182 Å². The molecule has 0 spiro atoms. The van der Waals surface area contributed by atoms with Gasteiger partial charge < -0.3 is 20.4 Å². The number of benzene rings is 2. The minimum Gasteiger partial charge on any atom is -0.383 e. The molecule has 1 heterocycles. The number of hydrogen-bond acceptors (Lipinski definition) is 4. The molecular weight excluding hydrogens is 388 g/mol. The molecule has 1 atom stereocenters. The van der Waals surface area contributed by atoms with Gasteiger partial charge in [-0.1, -0.05) is 19.9 Å². The van der Waals surface area contributed by atoms with Crippen molar-refractivity contribution in [2.75, 3.05) is 25.6 Å². The van der Waals surface area contributed by atoms with Crippen LogP contribution in [-0.4, -0.2) is 31.2 Å². The second kappa shape index (κ2) is 8.44. The van der Waals surface area contributed by atoms with E-state index in [1.54, 1.807) is 7.11 Å². The summed E-state index contributed by atoms with van der Waals surface area (Å²) in [4.78, 5) is 16.3. The van der Waals surface area contributed by atoms with Crippen LogP contribution in [0, 0.1) is 16.7 Å². The summed E-state index contributed by atoms with van der Waals surface area (Å²) in [5.41, 5.74) is 5.69. The molecule has 31 heavy (non-hydrogen) atoms. The molecule has 0 fully saturated rings. The largest absolute Gasteiger partial charge is 0.383 e. The van der Waals surface area contributed by atoms with E-state index in [-0.39, 0.29) is 23.8 Å². The third kappa shape index (κ3) is 4.42. The summed E-state index contributed by atoms with van der Waals surface area (Å²) in [5.74, 6) is -0.0294. The van der Waals surface area contributed by atoms with Gasteiger partial charge in [0.05, 0.1) is 30.7 Å². The predicted molar refractivity (Wildman–Crippen MR) is 122 cm³/mol. The molecule has 0 bridgehead atoms. The van der Waals surface area contributed by atoms with E-state index < -0.39 is 0 Å². The predicted octanol–water partition coefficient (Wildman–Crippen LogP) is 4.08. The number of H-pyrrole nitrogens is 1. The molecular formula is C25H28N4O2. The monoisotopic (exact) mass is 416 g/mol. The molecule has 0 aliphatic heterocycles. The number of nitrogens with one attached hydrogen (secondary N) is 3. The summed E-state index contributed by atoms with van der Waals surface area (Å²) in [7, 11) is 1.68. The van der Waals surface area contributed by atoms with Crippen molar-refractivity contribution in [2.45, 2.75) is 32.7 Å². The Morgan fingerprint density at radius 2 is 2.10 bits per heavy atom. The van der Waals surface area contributed by atoms with Crippen molar-refractivity contribution >= 4 is 22.5 Å². The summed E-state index contributed by atoms with van der Waals surface area (Å²) in [5, 5.41) is 16.9. The minimum absolute atomic E-state index is 0.0294. The van der Waals surface area contributed by atoms with Crippen LogP contribution in [-0.2, 0) is 22.4 Å². The Balaban J connectivity index is 1.47. The number of carbonyl (C=O) groups is 1. The normalized spacial score (nSPS) is 16.6. The van der Waals surface area contributed by atoms with E-state index in [0.717, 1.165) is 40.8 Å². The number of rotatable bonds is 7. The number of aromatic nitrogens is 1. The molecule has 1 aliphatic rings. The smallest absolute Gasteiger partial charge is 0.226 e. The first-order valence-corrected chi connectivity index (χ1v) is 10.6. The molecule has 160 valence electrons. The van der Waals surface area contributed by atoms with Gasteiger partial charge in [-0.2, -0.15) is 5.26 Å². The number of hydrogen-bond donors (Lipinski definition) is 3. The number of methoxy groups -OCH3 is 1. The van der Waals surface area contributed by atoms with Crippen LogP contribution in [0.5, 0.6) is 0 Å². The number of anilines is 1. The van der Waals surface area contributed by atoms with Crippen LogP contribution < -0.4 is 10.6 Å². The summed E-state index contributed by atoms with van der Waals surface area (Å²) < 4.78 is 5.07. The van der Waals surface area contributed by atoms with E-state index in [2.05, 4.69) is 41.6 Å². The number of amides is 1. The van der Waals surface area contributed by atoms with Gasteiger partial charge in [0.2, 0.25) is 5.91 Å². The zero-order valence-electron chi connectivity index (χ0n) is 18.2. The Kier molecular flexibility index (Phi) is 5.71. The minimum atomic E-state index is -0.107. The van der Waals surface area contributed by atoms with Crippen LogP contribution in [0.1, 0.15) is 42.3 Å². The van der Waals surface area contributed by atoms with Gasteiger partial charge in [0.25, 0.3) is 0 Å². The molecule has 0 unspecified atom stereocenters. The van der Waals surface area contributed by atoms with Gasteiger partial charge in [0.1, 0.15) is 0 Å². The lowest BCUT2D eigenvalue weighted by Crippen LogP contribution is -2.36. The Bertz CT molecular complexity index is 1160. The van der Waals surface area contributed by atoms with Crippen LogP contribution in [0.15, 0.2) is 42.5 Å². The first kappa shape index (κ1) is 21.0. The highest BCUT2D eigenvalue weighted by Gasteiger charge is 2.39. The third-order valence-corrected chi connectivity index (χ3v) is 5.98. The van der Waals surface area contributed by atoms with Crippen molar-refractivity contribution in [3.05, 3.63) is 64.8 Å². The topological polar surface area (TPSA) is 89.9 Å². The highest BCUT2D eigenvalue weighted by atomic mass is 16.5. The van der Waals surface area contributed by atoms with Gasteiger partial charge in [0.15, 0.2) is 0 Å². The second-order valence-electron chi connectivity index (χ2n) is 8.88. The SMILES string of the molecule is COCCNc1ccc2[nH]c(CC(=O)N[C@H]3c4cc(C#N)ccc4CC3(C)C)cc2c1. The Hall–Kier alpha value is -3.30. The maximum absolute atomic E-state index is 12.9. The second-order valence-corrected chi connectivity index (χ2v) is 8.88. The van der Waals surface area contributed by atoms with Crippen molar-refractivity contribution in [1.29, 1.82) is 5.26 Å². The zero-order valence-corrected chi connectivity index (χ0v) is 18.2. The van der Waals surface area contributed by atoms with Crippen molar-refractivity contribution < 1.29 is 9.53 Å². The lowest BCUT2D eigenvalue weighted by Gasteiger charge is -2.28. The molecule has 1 aromatic heterocycles. The van der Waals surface area contributed by atoms with Gasteiger partial charge in [-0.05, 0) is 59.4 Å². The maximum Gasteiger partial charge on any atom is 0.226 e. The molecule has 6 heteroatoms. The summed E-state index contributed by atoms with van der Waals surface area (Å²) in [6.07, 6.45) is 1.16. The standard InChI is InChI=1S/C25H28N4O2/c1-25(2)14-17-5-4-16(15-26)10-21(17)24(25)29-23(30)13-20-12-18-11-19(27-8-9-31-3)6-7-22(18)28-20/h4-7,10-12,24,27-28H,8-9,13-14H2,1-3H3,(H,29,30)/t24-/m0/s1. The fourth-order valence-corrected chi connectivity index (χ4v) is 4.46. The zero-order chi connectivity index (χ0) is 22.0. The van der Waals surface area contributed by atoms with Gasteiger partial charge in [-0.3, -0.25) is 4.79 Å². The quantitative estimate of drug-likeness (QED) is 0.506. The van der Waals surface area contributed by atoms with Crippen molar-refractivity contribution in [3.63, 3.8) is 0 Å². The molecule has 0 radical (unpaired) electrons. The first-order chi connectivity index (χ1) is 14.9. The molecule has 4 rings (SSSR count). The average Bonchev–Trinajstić information content (AvgIpc) is 3.24. The molecule has 3 N–H and O–H groups in total. The number of fused-ring (bicyclic) bond motifs is 2. The molecule has 0 saturated heterocycles. The van der Waals surface area contributed by atoms with Crippen LogP contribution in [0.25, 0.3) is 10.9 Å². The van der Waals surface area contributed by atoms with E-state index in [1.807, 2.05) is 36.4 Å². The number of nitriles is 1.